The molecule has 3 N–H and O–H groups in total. The predicted molar refractivity (Wildman–Crippen MR) is 138 cm³/mol. The number of carboxylic acids is 1. The van der Waals surface area contributed by atoms with Gasteiger partial charge in [0, 0.05) is 5.92 Å². The van der Waals surface area contributed by atoms with Gasteiger partial charge in [0.15, 0.2) is 0 Å². The van der Waals surface area contributed by atoms with Gasteiger partial charge in [0.25, 0.3) is 0 Å². The third-order valence-electron chi connectivity index (χ3n) is 6.59. The topological polar surface area (TPSA) is 114 Å². The Kier molecular flexibility index (Phi) is 8.73. The molecule has 0 saturated carbocycles. The number of carboxylic acid groups (broad SMARTS) is 1. The number of aliphatic carboxylic acids is 1. The molecule has 210 valence electrons. The van der Waals surface area contributed by atoms with E-state index in [1.165, 1.54) is 12.2 Å². The number of carbonyl (C=O) groups is 3. The van der Waals surface area contributed by atoms with Crippen LogP contribution in [0.2, 0.25) is 0 Å². The lowest BCUT2D eigenvalue weighted by atomic mass is 9.98. The molecule has 0 saturated heterocycles. The van der Waals surface area contributed by atoms with Crippen molar-refractivity contribution in [1.29, 1.82) is 0 Å². The van der Waals surface area contributed by atoms with Gasteiger partial charge in [-0.15, -0.1) is 0 Å². The molecule has 2 amide bonds. The number of fused-ring (bicyclic) bond motifs is 3. The van der Waals surface area contributed by atoms with Crippen molar-refractivity contribution in [3.05, 3.63) is 95.6 Å². The number of ether oxygens (including phenoxy) is 2. The maximum Gasteiger partial charge on any atom is 0.419 e. The lowest BCUT2D eigenvalue weighted by molar-refractivity contribution is -0.182. The Morgan fingerprint density at radius 3 is 1.98 bits per heavy atom. The highest BCUT2D eigenvalue weighted by Gasteiger charge is 2.47. The summed E-state index contributed by atoms with van der Waals surface area (Å²) in [5, 5.41) is 12.7. The Morgan fingerprint density at radius 1 is 0.875 bits per heavy atom. The van der Waals surface area contributed by atoms with Crippen molar-refractivity contribution in [2.45, 2.75) is 43.8 Å². The van der Waals surface area contributed by atoms with Gasteiger partial charge in [-0.05, 0) is 34.7 Å². The van der Waals surface area contributed by atoms with E-state index in [1.54, 1.807) is 30.3 Å². The van der Waals surface area contributed by atoms with E-state index in [-0.39, 0.29) is 19.1 Å². The second kappa shape index (κ2) is 12.2. The molecule has 0 bridgehead atoms. The highest BCUT2D eigenvalue weighted by atomic mass is 19.4. The standard InChI is InChI=1S/C29H27F3N2O6/c1-17(39-15-18-9-3-2-4-10-18)24(26(35)34-25(27(36)37)29(30,31)32)33-28(38)40-16-23-21-13-7-5-11-19(21)20-12-6-8-14-22(20)23/h2-14,17,23-25H,15-16H2,1H3,(H,33,38)(H,34,35)(H,36,37). The molecule has 0 fully saturated rings. The molecular weight excluding hydrogens is 529 g/mol. The van der Waals surface area contributed by atoms with Crippen LogP contribution in [0.1, 0.15) is 29.5 Å². The predicted octanol–water partition coefficient (Wildman–Crippen LogP) is 4.63. The number of benzene rings is 3. The summed E-state index contributed by atoms with van der Waals surface area (Å²) in [6.07, 6.45) is -7.48. The van der Waals surface area contributed by atoms with Crippen LogP contribution in [-0.4, -0.2) is 54.0 Å². The monoisotopic (exact) mass is 556 g/mol. The molecule has 8 nitrogen and oxygen atoms in total. The van der Waals surface area contributed by atoms with Gasteiger partial charge in [0.1, 0.15) is 12.6 Å². The SMILES string of the molecule is CC(OCc1ccccc1)C(NC(=O)OCC1c2ccccc2-c2ccccc21)C(=O)NC(C(=O)O)C(F)(F)F. The Labute approximate surface area is 228 Å². The molecular formula is C29H27F3N2O6. The zero-order chi connectivity index (χ0) is 28.9. The summed E-state index contributed by atoms with van der Waals surface area (Å²) >= 11 is 0. The van der Waals surface area contributed by atoms with Gasteiger partial charge in [-0.1, -0.05) is 78.9 Å². The third-order valence-corrected chi connectivity index (χ3v) is 6.59. The number of nitrogens with one attached hydrogen (secondary N) is 2. The first-order chi connectivity index (χ1) is 19.1. The lowest BCUT2D eigenvalue weighted by Gasteiger charge is -2.27. The quantitative estimate of drug-likeness (QED) is 0.336. The fraction of sp³-hybridized carbons (Fsp3) is 0.276. The second-order valence-corrected chi connectivity index (χ2v) is 9.27. The minimum atomic E-state index is -5.26. The molecule has 1 aliphatic carbocycles. The highest BCUT2D eigenvalue weighted by molar-refractivity contribution is 5.90. The maximum absolute atomic E-state index is 13.2. The summed E-state index contributed by atoms with van der Waals surface area (Å²) < 4.78 is 50.8. The largest absolute Gasteiger partial charge is 0.479 e. The average Bonchev–Trinajstić information content (AvgIpc) is 3.25. The number of alkyl halides is 3. The summed E-state index contributed by atoms with van der Waals surface area (Å²) in [6, 6.07) is 19.2. The van der Waals surface area contributed by atoms with Crippen LogP contribution in [0.3, 0.4) is 0 Å². The van der Waals surface area contributed by atoms with E-state index in [2.05, 4.69) is 5.32 Å². The van der Waals surface area contributed by atoms with Gasteiger partial charge in [0.05, 0.1) is 12.7 Å². The van der Waals surface area contributed by atoms with Crippen molar-refractivity contribution in [2.75, 3.05) is 6.61 Å². The smallest absolute Gasteiger partial charge is 0.419 e. The van der Waals surface area contributed by atoms with E-state index in [1.807, 2.05) is 48.5 Å². The van der Waals surface area contributed by atoms with Crippen LogP contribution in [0.4, 0.5) is 18.0 Å². The van der Waals surface area contributed by atoms with Crippen molar-refractivity contribution in [2.24, 2.45) is 0 Å². The van der Waals surface area contributed by atoms with E-state index in [0.29, 0.717) is 5.56 Å². The zero-order valence-electron chi connectivity index (χ0n) is 21.4. The Balaban J connectivity index is 1.48. The number of rotatable bonds is 10. The van der Waals surface area contributed by atoms with Gasteiger partial charge in [0.2, 0.25) is 11.9 Å². The summed E-state index contributed by atoms with van der Waals surface area (Å²) in [7, 11) is 0. The molecule has 11 heteroatoms. The van der Waals surface area contributed by atoms with E-state index in [4.69, 9.17) is 14.6 Å². The Bertz CT molecular complexity index is 1320. The lowest BCUT2D eigenvalue weighted by Crippen LogP contribution is -2.59. The normalized spacial score (nSPS) is 14.8. The number of amides is 2. The van der Waals surface area contributed by atoms with Gasteiger partial charge < -0.3 is 25.2 Å². The molecule has 0 spiro atoms. The number of alkyl carbamates (subject to hydrolysis) is 1. The number of hydrogen-bond acceptors (Lipinski definition) is 5. The van der Waals surface area contributed by atoms with Gasteiger partial charge in [-0.3, -0.25) is 4.79 Å². The maximum atomic E-state index is 13.2. The van der Waals surface area contributed by atoms with Crippen molar-refractivity contribution in [1.82, 2.24) is 10.6 Å². The van der Waals surface area contributed by atoms with Crippen LogP contribution >= 0.6 is 0 Å². The zero-order valence-corrected chi connectivity index (χ0v) is 21.4. The fourth-order valence-electron chi connectivity index (χ4n) is 4.58. The molecule has 3 unspecified atom stereocenters. The second-order valence-electron chi connectivity index (χ2n) is 9.27. The molecule has 3 aromatic carbocycles. The first-order valence-corrected chi connectivity index (χ1v) is 12.4. The first-order valence-electron chi connectivity index (χ1n) is 12.4. The highest BCUT2D eigenvalue weighted by Crippen LogP contribution is 2.44. The number of hydrogen-bond donors (Lipinski definition) is 3. The molecule has 0 aliphatic heterocycles. The van der Waals surface area contributed by atoms with Gasteiger partial charge >= 0.3 is 18.2 Å². The molecule has 1 aliphatic rings. The molecule has 3 atom stereocenters. The Hall–Kier alpha value is -4.38. The van der Waals surface area contributed by atoms with Crippen molar-refractivity contribution in [3.8, 4) is 11.1 Å². The summed E-state index contributed by atoms with van der Waals surface area (Å²) in [4.78, 5) is 36.9. The third kappa shape index (κ3) is 6.60. The van der Waals surface area contributed by atoms with Gasteiger partial charge in [-0.25, -0.2) is 9.59 Å². The first kappa shape index (κ1) is 28.6. The molecule has 4 rings (SSSR count). The van der Waals surface area contributed by atoms with Gasteiger partial charge in [-0.2, -0.15) is 13.2 Å². The Morgan fingerprint density at radius 2 is 1.43 bits per heavy atom. The van der Waals surface area contributed by atoms with Crippen LogP contribution in [0.15, 0.2) is 78.9 Å². The van der Waals surface area contributed by atoms with E-state index in [9.17, 15) is 27.6 Å². The van der Waals surface area contributed by atoms with E-state index >= 15 is 0 Å². The molecule has 3 aromatic rings. The summed E-state index contributed by atoms with van der Waals surface area (Å²) in [6.45, 7) is 1.26. The number of carbonyl (C=O) groups excluding carboxylic acids is 2. The fourth-order valence-corrected chi connectivity index (χ4v) is 4.58. The van der Waals surface area contributed by atoms with Crippen LogP contribution < -0.4 is 10.6 Å². The van der Waals surface area contributed by atoms with Crippen molar-refractivity contribution < 1.29 is 42.1 Å². The van der Waals surface area contributed by atoms with Crippen LogP contribution in [0.25, 0.3) is 11.1 Å². The minimum absolute atomic E-state index is 0.0141. The number of halogens is 3. The van der Waals surface area contributed by atoms with E-state index in [0.717, 1.165) is 22.3 Å². The van der Waals surface area contributed by atoms with Crippen LogP contribution in [-0.2, 0) is 25.7 Å². The van der Waals surface area contributed by atoms with E-state index < -0.39 is 42.3 Å². The molecule has 40 heavy (non-hydrogen) atoms. The van der Waals surface area contributed by atoms with Crippen LogP contribution in [0, 0.1) is 0 Å². The molecule has 0 aromatic heterocycles. The van der Waals surface area contributed by atoms with Crippen molar-refractivity contribution >= 4 is 18.0 Å². The average molecular weight is 557 g/mol. The molecule has 0 radical (unpaired) electrons. The van der Waals surface area contributed by atoms with Crippen molar-refractivity contribution in [3.63, 3.8) is 0 Å². The molecule has 0 heterocycles. The summed E-state index contributed by atoms with van der Waals surface area (Å²) in [5.41, 5.74) is 4.60. The summed E-state index contributed by atoms with van der Waals surface area (Å²) in [5.74, 6) is -3.98. The van der Waals surface area contributed by atoms with Crippen LogP contribution in [0.5, 0.6) is 0 Å². The minimum Gasteiger partial charge on any atom is -0.479 e.